The Hall–Kier alpha value is -2.64. The number of nitrogens with one attached hydrogen (secondary N) is 1. The molecule has 2 N–H and O–H groups in total. The molecule has 0 aliphatic carbocycles. The van der Waals surface area contributed by atoms with Gasteiger partial charge in [0.2, 0.25) is 0 Å². The zero-order valence-corrected chi connectivity index (χ0v) is 11.8. The summed E-state index contributed by atoms with van der Waals surface area (Å²) in [4.78, 5) is 34.1. The standard InChI is InChI=1S/C13H17N3O5/c1-3-11(12(17)18)15(2)13(19)14-8-9-5-4-6-10(7-9)16(20)21/h4-7,11H,3,8H2,1-2H3,(H,14,19)(H,17,18). The van der Waals surface area contributed by atoms with E-state index in [1.54, 1.807) is 13.0 Å². The molecule has 1 unspecified atom stereocenters. The largest absolute Gasteiger partial charge is 0.480 e. The van der Waals surface area contributed by atoms with Crippen LogP contribution < -0.4 is 5.32 Å². The van der Waals surface area contributed by atoms with E-state index in [1.807, 2.05) is 0 Å². The molecular weight excluding hydrogens is 278 g/mol. The van der Waals surface area contributed by atoms with Crippen molar-refractivity contribution in [2.45, 2.75) is 25.9 Å². The number of amides is 2. The Morgan fingerprint density at radius 3 is 2.67 bits per heavy atom. The molecule has 1 aromatic rings. The number of nitro benzene ring substituents is 1. The van der Waals surface area contributed by atoms with Crippen molar-refractivity contribution in [1.29, 1.82) is 0 Å². The summed E-state index contributed by atoms with van der Waals surface area (Å²) in [6.45, 7) is 1.75. The molecule has 0 fully saturated rings. The third-order valence-corrected chi connectivity index (χ3v) is 3.02. The highest BCUT2D eigenvalue weighted by Gasteiger charge is 2.24. The normalized spacial score (nSPS) is 11.5. The highest BCUT2D eigenvalue weighted by molar-refractivity contribution is 5.82. The second-order valence-corrected chi connectivity index (χ2v) is 4.46. The molecule has 0 aliphatic rings. The lowest BCUT2D eigenvalue weighted by Crippen LogP contribution is -2.46. The number of carboxylic acid groups (broad SMARTS) is 1. The summed E-state index contributed by atoms with van der Waals surface area (Å²) in [7, 11) is 1.39. The number of carboxylic acids is 1. The number of benzene rings is 1. The molecule has 0 heterocycles. The molecule has 0 aromatic heterocycles. The first kappa shape index (κ1) is 16.4. The van der Waals surface area contributed by atoms with E-state index in [0.29, 0.717) is 5.56 Å². The molecule has 1 aromatic carbocycles. The molecule has 0 aliphatic heterocycles. The average Bonchev–Trinajstić information content (AvgIpc) is 2.45. The minimum absolute atomic E-state index is 0.0629. The first-order valence-corrected chi connectivity index (χ1v) is 6.33. The van der Waals surface area contributed by atoms with Crippen molar-refractivity contribution in [3.05, 3.63) is 39.9 Å². The van der Waals surface area contributed by atoms with E-state index in [0.717, 1.165) is 4.90 Å². The predicted octanol–water partition coefficient (Wildman–Crippen LogP) is 1.60. The van der Waals surface area contributed by atoms with E-state index in [1.165, 1.54) is 25.2 Å². The Labute approximate surface area is 121 Å². The second kappa shape index (κ2) is 7.22. The Balaban J connectivity index is 2.66. The van der Waals surface area contributed by atoms with Crippen molar-refractivity contribution in [2.75, 3.05) is 7.05 Å². The fraction of sp³-hybridized carbons (Fsp3) is 0.385. The van der Waals surface area contributed by atoms with Crippen molar-refractivity contribution in [3.63, 3.8) is 0 Å². The van der Waals surface area contributed by atoms with Crippen LogP contribution in [-0.2, 0) is 11.3 Å². The minimum Gasteiger partial charge on any atom is -0.480 e. The predicted molar refractivity (Wildman–Crippen MR) is 74.8 cm³/mol. The van der Waals surface area contributed by atoms with Gasteiger partial charge in [-0.25, -0.2) is 9.59 Å². The Morgan fingerprint density at radius 1 is 1.48 bits per heavy atom. The summed E-state index contributed by atoms with van der Waals surface area (Å²) >= 11 is 0. The molecule has 0 spiro atoms. The highest BCUT2D eigenvalue weighted by atomic mass is 16.6. The number of carbonyl (C=O) groups is 2. The van der Waals surface area contributed by atoms with E-state index in [4.69, 9.17) is 5.11 Å². The number of likely N-dealkylation sites (N-methyl/N-ethyl adjacent to an activating group) is 1. The smallest absolute Gasteiger partial charge is 0.326 e. The molecule has 1 rings (SSSR count). The maximum atomic E-state index is 11.9. The van der Waals surface area contributed by atoms with E-state index >= 15 is 0 Å². The average molecular weight is 295 g/mol. The van der Waals surface area contributed by atoms with Crippen molar-refractivity contribution < 1.29 is 19.6 Å². The maximum absolute atomic E-state index is 11.9. The molecule has 0 radical (unpaired) electrons. The second-order valence-electron chi connectivity index (χ2n) is 4.46. The minimum atomic E-state index is -1.08. The Morgan fingerprint density at radius 2 is 2.14 bits per heavy atom. The molecule has 1 atom stereocenters. The zero-order valence-electron chi connectivity index (χ0n) is 11.8. The number of nitrogens with zero attached hydrogens (tertiary/aromatic N) is 2. The van der Waals surface area contributed by atoms with Gasteiger partial charge in [-0.3, -0.25) is 10.1 Å². The van der Waals surface area contributed by atoms with Crippen molar-refractivity contribution in [2.24, 2.45) is 0 Å². The van der Waals surface area contributed by atoms with Gasteiger partial charge >= 0.3 is 12.0 Å². The lowest BCUT2D eigenvalue weighted by Gasteiger charge is -2.24. The lowest BCUT2D eigenvalue weighted by atomic mass is 10.2. The first-order chi connectivity index (χ1) is 9.86. The van der Waals surface area contributed by atoms with Crippen LogP contribution in [0.2, 0.25) is 0 Å². The molecule has 21 heavy (non-hydrogen) atoms. The molecule has 8 nitrogen and oxygen atoms in total. The fourth-order valence-electron chi connectivity index (χ4n) is 1.84. The van der Waals surface area contributed by atoms with Gasteiger partial charge in [0.05, 0.1) is 4.92 Å². The summed E-state index contributed by atoms with van der Waals surface area (Å²) < 4.78 is 0. The van der Waals surface area contributed by atoms with Gasteiger partial charge in [-0.2, -0.15) is 0 Å². The molecule has 8 heteroatoms. The summed E-state index contributed by atoms with van der Waals surface area (Å²) in [5.74, 6) is -1.08. The number of rotatable bonds is 6. The molecule has 0 saturated heterocycles. The quantitative estimate of drug-likeness (QED) is 0.611. The SMILES string of the molecule is CCC(C(=O)O)N(C)C(=O)NCc1cccc([N+](=O)[O-])c1. The molecular formula is C13H17N3O5. The maximum Gasteiger partial charge on any atom is 0.326 e. The number of hydrogen-bond donors (Lipinski definition) is 2. The van der Waals surface area contributed by atoms with Gasteiger partial charge in [0.25, 0.3) is 5.69 Å². The van der Waals surface area contributed by atoms with Gasteiger partial charge in [0.15, 0.2) is 0 Å². The van der Waals surface area contributed by atoms with Gasteiger partial charge in [-0.15, -0.1) is 0 Å². The molecule has 2 amide bonds. The Kier molecular flexibility index (Phi) is 5.65. The highest BCUT2D eigenvalue weighted by Crippen LogP contribution is 2.13. The number of non-ortho nitro benzene ring substituents is 1. The fourth-order valence-corrected chi connectivity index (χ4v) is 1.84. The van der Waals surface area contributed by atoms with Gasteiger partial charge in [-0.05, 0) is 12.0 Å². The zero-order chi connectivity index (χ0) is 16.0. The van der Waals surface area contributed by atoms with Crippen LogP contribution in [0.1, 0.15) is 18.9 Å². The van der Waals surface area contributed by atoms with Crippen LogP contribution >= 0.6 is 0 Å². The Bertz CT molecular complexity index is 546. The van der Waals surface area contributed by atoms with Crippen molar-refractivity contribution >= 4 is 17.7 Å². The number of carbonyl (C=O) groups excluding carboxylic acids is 1. The van der Waals surface area contributed by atoms with Gasteiger partial charge < -0.3 is 15.3 Å². The van der Waals surface area contributed by atoms with Gasteiger partial charge in [0, 0.05) is 25.7 Å². The topological polar surface area (TPSA) is 113 Å². The van der Waals surface area contributed by atoms with Crippen LogP contribution in [0.25, 0.3) is 0 Å². The first-order valence-electron chi connectivity index (χ1n) is 6.33. The molecule has 0 bridgehead atoms. The summed E-state index contributed by atoms with van der Waals surface area (Å²) in [6.07, 6.45) is 0.288. The summed E-state index contributed by atoms with van der Waals surface area (Å²) in [5, 5.41) is 22.2. The van der Waals surface area contributed by atoms with Crippen LogP contribution in [0.4, 0.5) is 10.5 Å². The lowest BCUT2D eigenvalue weighted by molar-refractivity contribution is -0.384. The third-order valence-electron chi connectivity index (χ3n) is 3.02. The van der Waals surface area contributed by atoms with Crippen LogP contribution in [0, 0.1) is 10.1 Å². The number of aliphatic carboxylic acids is 1. The number of nitro groups is 1. The van der Waals surface area contributed by atoms with Crippen LogP contribution in [-0.4, -0.2) is 40.0 Å². The van der Waals surface area contributed by atoms with E-state index in [2.05, 4.69) is 5.32 Å². The molecule has 114 valence electrons. The number of hydrogen-bond acceptors (Lipinski definition) is 4. The van der Waals surface area contributed by atoms with E-state index in [-0.39, 0.29) is 18.7 Å². The summed E-state index contributed by atoms with van der Waals surface area (Å²) in [5.41, 5.74) is 0.501. The van der Waals surface area contributed by atoms with E-state index in [9.17, 15) is 19.7 Å². The van der Waals surface area contributed by atoms with Crippen LogP contribution in [0.15, 0.2) is 24.3 Å². The van der Waals surface area contributed by atoms with Crippen molar-refractivity contribution in [3.8, 4) is 0 Å². The number of urea groups is 1. The third kappa shape index (κ3) is 4.44. The van der Waals surface area contributed by atoms with E-state index < -0.39 is 23.0 Å². The van der Waals surface area contributed by atoms with Gasteiger partial charge in [0.1, 0.15) is 6.04 Å². The summed E-state index contributed by atoms with van der Waals surface area (Å²) in [6, 6.07) is 4.42. The molecule has 0 saturated carbocycles. The van der Waals surface area contributed by atoms with Gasteiger partial charge in [-0.1, -0.05) is 19.1 Å². The van der Waals surface area contributed by atoms with Crippen LogP contribution in [0.3, 0.4) is 0 Å². The van der Waals surface area contributed by atoms with Crippen molar-refractivity contribution in [1.82, 2.24) is 10.2 Å². The van der Waals surface area contributed by atoms with Crippen LogP contribution in [0.5, 0.6) is 0 Å². The monoisotopic (exact) mass is 295 g/mol.